The number of carbonyl (C=O) groups excluding carboxylic acids is 1. The molecule has 6 nitrogen and oxygen atoms in total. The number of rotatable bonds is 6. The summed E-state index contributed by atoms with van der Waals surface area (Å²) < 4.78 is 4.90. The lowest BCUT2D eigenvalue weighted by Crippen LogP contribution is -2.29. The number of anilines is 1. The first-order valence-electron chi connectivity index (χ1n) is 6.74. The van der Waals surface area contributed by atoms with Crippen molar-refractivity contribution in [2.45, 2.75) is 33.6 Å². The van der Waals surface area contributed by atoms with Gasteiger partial charge >= 0.3 is 5.97 Å². The molecule has 20 heavy (non-hydrogen) atoms. The number of likely N-dealkylation sites (N-methyl/N-ethyl adjacent to an activating group) is 1. The summed E-state index contributed by atoms with van der Waals surface area (Å²) in [6, 6.07) is 2.18. The highest BCUT2D eigenvalue weighted by Crippen LogP contribution is 2.22. The van der Waals surface area contributed by atoms with Gasteiger partial charge in [0.15, 0.2) is 5.82 Å². The van der Waals surface area contributed by atoms with Gasteiger partial charge in [0.1, 0.15) is 18.2 Å². The summed E-state index contributed by atoms with van der Waals surface area (Å²) in [6.07, 6.45) is 1.44. The van der Waals surface area contributed by atoms with Crippen molar-refractivity contribution in [3.8, 4) is 6.07 Å². The van der Waals surface area contributed by atoms with Gasteiger partial charge in [0, 0.05) is 7.05 Å². The third-order valence-corrected chi connectivity index (χ3v) is 2.97. The van der Waals surface area contributed by atoms with Crippen molar-refractivity contribution in [2.75, 3.05) is 25.1 Å². The van der Waals surface area contributed by atoms with Gasteiger partial charge in [-0.3, -0.25) is 4.79 Å². The van der Waals surface area contributed by atoms with E-state index in [0.29, 0.717) is 24.4 Å². The minimum atomic E-state index is -0.349. The van der Waals surface area contributed by atoms with E-state index >= 15 is 0 Å². The average Bonchev–Trinajstić information content (AvgIpc) is 2.45. The summed E-state index contributed by atoms with van der Waals surface area (Å²) in [5.41, 5.74) is 2.22. The number of aromatic nitrogens is 2. The van der Waals surface area contributed by atoms with Crippen LogP contribution in [0.15, 0.2) is 0 Å². The van der Waals surface area contributed by atoms with Gasteiger partial charge in [-0.2, -0.15) is 10.4 Å². The SMILES string of the molecule is CCOC(=O)CN(C)c1nnc(CC)c(CC)c1C#N. The number of nitrogens with zero attached hydrogens (tertiary/aromatic N) is 4. The first-order valence-corrected chi connectivity index (χ1v) is 6.74. The molecule has 0 aliphatic carbocycles. The van der Waals surface area contributed by atoms with Crippen molar-refractivity contribution in [3.63, 3.8) is 0 Å². The second kappa shape index (κ2) is 7.43. The highest BCUT2D eigenvalue weighted by Gasteiger charge is 2.19. The summed E-state index contributed by atoms with van der Waals surface area (Å²) in [4.78, 5) is 13.1. The van der Waals surface area contributed by atoms with E-state index in [9.17, 15) is 10.1 Å². The molecular formula is C14H20N4O2. The van der Waals surface area contributed by atoms with E-state index in [4.69, 9.17) is 4.74 Å². The maximum Gasteiger partial charge on any atom is 0.325 e. The van der Waals surface area contributed by atoms with Crippen LogP contribution in [0.4, 0.5) is 5.82 Å². The molecule has 6 heteroatoms. The molecule has 1 aromatic heterocycles. The third-order valence-electron chi connectivity index (χ3n) is 2.97. The molecule has 0 atom stereocenters. The molecule has 0 saturated heterocycles. The van der Waals surface area contributed by atoms with E-state index in [1.807, 2.05) is 13.8 Å². The molecule has 0 aromatic carbocycles. The zero-order valence-corrected chi connectivity index (χ0v) is 12.4. The molecule has 1 aromatic rings. The maximum atomic E-state index is 11.5. The van der Waals surface area contributed by atoms with Crippen LogP contribution in [-0.4, -0.2) is 36.4 Å². The molecule has 0 spiro atoms. The first kappa shape index (κ1) is 15.9. The first-order chi connectivity index (χ1) is 9.58. The van der Waals surface area contributed by atoms with Crippen LogP contribution in [0.2, 0.25) is 0 Å². The Balaban J connectivity index is 3.12. The Hall–Kier alpha value is -2.16. The van der Waals surface area contributed by atoms with Crippen molar-refractivity contribution in [1.82, 2.24) is 10.2 Å². The molecule has 0 aliphatic rings. The molecular weight excluding hydrogens is 256 g/mol. The topological polar surface area (TPSA) is 79.1 Å². The smallest absolute Gasteiger partial charge is 0.325 e. The fraction of sp³-hybridized carbons (Fsp3) is 0.571. The van der Waals surface area contributed by atoms with E-state index in [2.05, 4.69) is 16.3 Å². The molecule has 0 fully saturated rings. The maximum absolute atomic E-state index is 11.5. The number of esters is 1. The second-order valence-electron chi connectivity index (χ2n) is 4.30. The van der Waals surface area contributed by atoms with Crippen molar-refractivity contribution >= 4 is 11.8 Å². The predicted octanol–water partition coefficient (Wildman–Crippen LogP) is 1.47. The minimum absolute atomic E-state index is 0.0474. The lowest BCUT2D eigenvalue weighted by Gasteiger charge is -2.19. The van der Waals surface area contributed by atoms with Crippen LogP contribution in [0.5, 0.6) is 0 Å². The molecule has 0 bridgehead atoms. The van der Waals surface area contributed by atoms with Crippen molar-refractivity contribution in [2.24, 2.45) is 0 Å². The van der Waals surface area contributed by atoms with Crippen molar-refractivity contribution < 1.29 is 9.53 Å². The van der Waals surface area contributed by atoms with Gasteiger partial charge < -0.3 is 9.64 Å². The standard InChI is InChI=1S/C14H20N4O2/c1-5-10-11(8-15)14(17-16-12(10)6-2)18(4)9-13(19)20-7-3/h5-7,9H2,1-4H3. The molecule has 0 aliphatic heterocycles. The summed E-state index contributed by atoms with van der Waals surface area (Å²) >= 11 is 0. The highest BCUT2D eigenvalue weighted by atomic mass is 16.5. The van der Waals surface area contributed by atoms with Crippen molar-refractivity contribution in [3.05, 3.63) is 16.8 Å². The van der Waals surface area contributed by atoms with Crippen LogP contribution in [0.25, 0.3) is 0 Å². The zero-order valence-electron chi connectivity index (χ0n) is 12.4. The Morgan fingerprint density at radius 3 is 2.50 bits per heavy atom. The Morgan fingerprint density at radius 1 is 1.30 bits per heavy atom. The van der Waals surface area contributed by atoms with E-state index in [0.717, 1.165) is 17.7 Å². The van der Waals surface area contributed by atoms with Crippen LogP contribution in [0.3, 0.4) is 0 Å². The van der Waals surface area contributed by atoms with Crippen LogP contribution >= 0.6 is 0 Å². The van der Waals surface area contributed by atoms with Crippen LogP contribution in [0.1, 0.15) is 37.6 Å². The number of hydrogen-bond acceptors (Lipinski definition) is 6. The minimum Gasteiger partial charge on any atom is -0.465 e. The van der Waals surface area contributed by atoms with Gasteiger partial charge in [-0.15, -0.1) is 5.10 Å². The molecule has 1 heterocycles. The average molecular weight is 276 g/mol. The summed E-state index contributed by atoms with van der Waals surface area (Å²) in [6.45, 7) is 6.09. The number of ether oxygens (including phenoxy) is 1. The van der Waals surface area contributed by atoms with Crippen LogP contribution in [0, 0.1) is 11.3 Å². The molecule has 1 rings (SSSR count). The Kier molecular flexibility index (Phi) is 5.91. The third kappa shape index (κ3) is 3.44. The van der Waals surface area contributed by atoms with E-state index in [1.54, 1.807) is 18.9 Å². The van der Waals surface area contributed by atoms with Gasteiger partial charge in [0.25, 0.3) is 0 Å². The summed E-state index contributed by atoms with van der Waals surface area (Å²) in [5, 5.41) is 17.6. The van der Waals surface area contributed by atoms with Gasteiger partial charge in [0.2, 0.25) is 0 Å². The van der Waals surface area contributed by atoms with E-state index < -0.39 is 0 Å². The number of carbonyl (C=O) groups is 1. The van der Waals surface area contributed by atoms with Gasteiger partial charge in [-0.05, 0) is 25.3 Å². The van der Waals surface area contributed by atoms with Crippen molar-refractivity contribution in [1.29, 1.82) is 5.26 Å². The fourth-order valence-electron chi connectivity index (χ4n) is 2.02. The monoisotopic (exact) mass is 276 g/mol. The number of hydrogen-bond donors (Lipinski definition) is 0. The van der Waals surface area contributed by atoms with Gasteiger partial charge in [-0.25, -0.2) is 0 Å². The predicted molar refractivity (Wildman–Crippen MR) is 75.4 cm³/mol. The van der Waals surface area contributed by atoms with E-state index in [-0.39, 0.29) is 12.5 Å². The lowest BCUT2D eigenvalue weighted by molar-refractivity contribution is -0.141. The van der Waals surface area contributed by atoms with Crippen LogP contribution in [-0.2, 0) is 22.4 Å². The summed E-state index contributed by atoms with van der Waals surface area (Å²) in [7, 11) is 1.70. The number of nitriles is 1. The largest absolute Gasteiger partial charge is 0.465 e. The molecule has 0 amide bonds. The summed E-state index contributed by atoms with van der Waals surface area (Å²) in [5.74, 6) is 0.0768. The molecule has 0 radical (unpaired) electrons. The molecule has 0 N–H and O–H groups in total. The number of aryl methyl sites for hydroxylation is 1. The van der Waals surface area contributed by atoms with Crippen LogP contribution < -0.4 is 4.90 Å². The Bertz CT molecular complexity index is 523. The quantitative estimate of drug-likeness (QED) is 0.732. The van der Waals surface area contributed by atoms with E-state index in [1.165, 1.54) is 0 Å². The Morgan fingerprint density at radius 2 is 2.00 bits per heavy atom. The highest BCUT2D eigenvalue weighted by molar-refractivity contribution is 5.76. The lowest BCUT2D eigenvalue weighted by atomic mass is 10.0. The molecule has 0 unspecified atom stereocenters. The van der Waals surface area contributed by atoms with Gasteiger partial charge in [-0.1, -0.05) is 13.8 Å². The molecule has 0 saturated carbocycles. The normalized spacial score (nSPS) is 9.95. The second-order valence-corrected chi connectivity index (χ2v) is 4.30. The fourth-order valence-corrected chi connectivity index (χ4v) is 2.02. The molecule has 108 valence electrons. The zero-order chi connectivity index (χ0) is 15.1. The Labute approximate surface area is 119 Å². The van der Waals surface area contributed by atoms with Gasteiger partial charge in [0.05, 0.1) is 12.3 Å².